The molecule has 7 nitrogen and oxygen atoms in total. The van der Waals surface area contributed by atoms with Crippen molar-refractivity contribution in [2.45, 2.75) is 39.3 Å². The fourth-order valence-corrected chi connectivity index (χ4v) is 3.19. The molecule has 1 aromatic carbocycles. The predicted octanol–water partition coefficient (Wildman–Crippen LogP) is 1.65. The van der Waals surface area contributed by atoms with Crippen molar-refractivity contribution < 1.29 is 9.53 Å². The molecule has 0 saturated carbocycles. The lowest BCUT2D eigenvalue weighted by Gasteiger charge is -2.33. The Labute approximate surface area is 168 Å². The number of nitrogens with one attached hydrogen (secondary N) is 2. The smallest absolute Gasteiger partial charge is 0.255 e. The van der Waals surface area contributed by atoms with Gasteiger partial charge in [-0.3, -0.25) is 9.69 Å². The number of amides is 1. The molecular weight excluding hydrogens is 354 g/mol. The maximum absolute atomic E-state index is 10.9. The van der Waals surface area contributed by atoms with Gasteiger partial charge in [0.1, 0.15) is 5.75 Å². The molecule has 1 amide bonds. The Hall–Kier alpha value is -2.54. The van der Waals surface area contributed by atoms with E-state index < -0.39 is 5.91 Å². The molecule has 1 heterocycles. The van der Waals surface area contributed by atoms with E-state index >= 15 is 0 Å². The molecule has 1 aliphatic rings. The number of aliphatic imine (C=N–C) groups is 1. The molecule has 7 heteroatoms. The molecule has 0 atom stereocenters. The summed E-state index contributed by atoms with van der Waals surface area (Å²) in [5, 5.41) is 6.87. The molecule has 0 aliphatic carbocycles. The number of benzene rings is 1. The molecule has 4 N–H and O–H groups in total. The van der Waals surface area contributed by atoms with Crippen molar-refractivity contribution in [1.82, 2.24) is 15.5 Å². The molecule has 1 fully saturated rings. The second-order valence-corrected chi connectivity index (χ2v) is 7.25. The summed E-state index contributed by atoms with van der Waals surface area (Å²) in [7, 11) is 0. The van der Waals surface area contributed by atoms with E-state index in [0.29, 0.717) is 18.3 Å². The quantitative estimate of drug-likeness (QED) is 0.340. The van der Waals surface area contributed by atoms with Gasteiger partial charge in [-0.25, -0.2) is 4.99 Å². The molecule has 0 bridgehead atoms. The van der Waals surface area contributed by atoms with E-state index in [9.17, 15) is 4.79 Å². The molecule has 2 rings (SSSR count). The van der Waals surface area contributed by atoms with E-state index in [-0.39, 0.29) is 6.61 Å². The third-order valence-electron chi connectivity index (χ3n) is 4.47. The average molecular weight is 388 g/mol. The highest BCUT2D eigenvalue weighted by atomic mass is 16.5. The third kappa shape index (κ3) is 8.00. The first-order valence-electron chi connectivity index (χ1n) is 9.88. The molecule has 28 heavy (non-hydrogen) atoms. The molecule has 1 aromatic rings. The van der Waals surface area contributed by atoms with Crippen LogP contribution in [0.3, 0.4) is 0 Å². The fraction of sp³-hybridized carbons (Fsp3) is 0.524. The molecule has 0 radical (unpaired) electrons. The fourth-order valence-electron chi connectivity index (χ4n) is 3.19. The van der Waals surface area contributed by atoms with Gasteiger partial charge in [-0.15, -0.1) is 0 Å². The van der Waals surface area contributed by atoms with Gasteiger partial charge in [0.2, 0.25) is 0 Å². The second-order valence-electron chi connectivity index (χ2n) is 7.25. The standard InChI is InChI=1S/C21H33N5O2/c1-4-23-21(25-18-8-10-26(11-9-18)14-16(2)3)24-13-17-6-5-7-19(12-17)28-15-20(22)27/h5-7,12,18H,2,4,8-11,13-15H2,1,3H3,(H2,22,27)(H2,23,24,25). The van der Waals surface area contributed by atoms with Gasteiger partial charge in [0, 0.05) is 32.2 Å². The first kappa shape index (κ1) is 21.8. The molecule has 0 unspecified atom stereocenters. The normalized spacial score (nSPS) is 15.9. The minimum atomic E-state index is -0.489. The number of carbonyl (C=O) groups excluding carboxylic acids is 1. The topological polar surface area (TPSA) is 92.0 Å². The number of hydrogen-bond acceptors (Lipinski definition) is 4. The molecule has 1 saturated heterocycles. The summed E-state index contributed by atoms with van der Waals surface area (Å²) in [6, 6.07) is 7.98. The van der Waals surface area contributed by atoms with Gasteiger partial charge in [-0.1, -0.05) is 24.3 Å². The van der Waals surface area contributed by atoms with Gasteiger partial charge < -0.3 is 21.1 Å². The van der Waals surface area contributed by atoms with Crippen molar-refractivity contribution in [3.63, 3.8) is 0 Å². The van der Waals surface area contributed by atoms with Crippen LogP contribution < -0.4 is 21.1 Å². The van der Waals surface area contributed by atoms with Crippen LogP contribution in [0.5, 0.6) is 5.75 Å². The number of nitrogens with zero attached hydrogens (tertiary/aromatic N) is 2. The zero-order valence-corrected chi connectivity index (χ0v) is 17.0. The maximum atomic E-state index is 10.9. The van der Waals surface area contributed by atoms with Crippen LogP contribution in [0, 0.1) is 0 Å². The highest BCUT2D eigenvalue weighted by Gasteiger charge is 2.19. The first-order chi connectivity index (χ1) is 13.5. The second kappa shape index (κ2) is 11.3. The Morgan fingerprint density at radius 1 is 1.39 bits per heavy atom. The number of nitrogens with two attached hydrogens (primary N) is 1. The van der Waals surface area contributed by atoms with E-state index in [2.05, 4.69) is 36.0 Å². The molecule has 0 aromatic heterocycles. The SMILES string of the molecule is C=C(C)CN1CCC(NC(=NCc2cccc(OCC(N)=O)c2)NCC)CC1. The van der Waals surface area contributed by atoms with Crippen LogP contribution in [0.2, 0.25) is 0 Å². The Bertz CT molecular complexity index is 681. The summed E-state index contributed by atoms with van der Waals surface area (Å²) in [6.07, 6.45) is 2.18. The number of hydrogen-bond donors (Lipinski definition) is 3. The van der Waals surface area contributed by atoms with E-state index in [1.165, 1.54) is 5.57 Å². The number of rotatable bonds is 9. The minimum absolute atomic E-state index is 0.124. The Kier molecular flexibility index (Phi) is 8.81. The number of carbonyl (C=O) groups is 1. The Balaban J connectivity index is 1.89. The van der Waals surface area contributed by atoms with Crippen molar-refractivity contribution in [3.8, 4) is 5.75 Å². The van der Waals surface area contributed by atoms with Crippen LogP contribution in [0.25, 0.3) is 0 Å². The zero-order chi connectivity index (χ0) is 20.4. The summed E-state index contributed by atoms with van der Waals surface area (Å²) in [4.78, 5) is 18.0. The van der Waals surface area contributed by atoms with Crippen LogP contribution in [0.1, 0.15) is 32.3 Å². The lowest BCUT2D eigenvalue weighted by atomic mass is 10.0. The summed E-state index contributed by atoms with van der Waals surface area (Å²) in [5.41, 5.74) is 7.34. The van der Waals surface area contributed by atoms with E-state index in [4.69, 9.17) is 15.5 Å². The van der Waals surface area contributed by atoms with E-state index in [1.807, 2.05) is 18.2 Å². The lowest BCUT2D eigenvalue weighted by molar-refractivity contribution is -0.119. The van der Waals surface area contributed by atoms with Crippen LogP contribution >= 0.6 is 0 Å². The van der Waals surface area contributed by atoms with Gasteiger partial charge in [-0.2, -0.15) is 0 Å². The number of primary amides is 1. The van der Waals surface area contributed by atoms with Gasteiger partial charge in [0.05, 0.1) is 6.54 Å². The van der Waals surface area contributed by atoms with Crippen LogP contribution in [-0.2, 0) is 11.3 Å². The van der Waals surface area contributed by atoms with Crippen LogP contribution in [-0.4, -0.2) is 55.6 Å². The summed E-state index contributed by atoms with van der Waals surface area (Å²) < 4.78 is 5.36. The van der Waals surface area contributed by atoms with Crippen LogP contribution in [0.4, 0.5) is 0 Å². The summed E-state index contributed by atoms with van der Waals surface area (Å²) in [6.45, 7) is 12.5. The summed E-state index contributed by atoms with van der Waals surface area (Å²) >= 11 is 0. The highest BCUT2D eigenvalue weighted by molar-refractivity contribution is 5.80. The zero-order valence-electron chi connectivity index (χ0n) is 17.0. The average Bonchev–Trinajstić information content (AvgIpc) is 2.66. The number of guanidine groups is 1. The Morgan fingerprint density at radius 2 is 2.14 bits per heavy atom. The predicted molar refractivity (Wildman–Crippen MR) is 113 cm³/mol. The lowest BCUT2D eigenvalue weighted by Crippen LogP contribution is -2.48. The van der Waals surface area contributed by atoms with Gasteiger partial charge in [-0.05, 0) is 44.4 Å². The summed E-state index contributed by atoms with van der Waals surface area (Å²) in [5.74, 6) is 0.954. The molecular formula is C21H33N5O2. The first-order valence-corrected chi connectivity index (χ1v) is 9.88. The molecule has 154 valence electrons. The molecule has 1 aliphatic heterocycles. The van der Waals surface area contributed by atoms with Crippen molar-refractivity contribution in [3.05, 3.63) is 42.0 Å². The monoisotopic (exact) mass is 387 g/mol. The van der Waals surface area contributed by atoms with E-state index in [1.54, 1.807) is 6.07 Å². The number of ether oxygens (including phenoxy) is 1. The van der Waals surface area contributed by atoms with Gasteiger partial charge in [0.15, 0.2) is 12.6 Å². The van der Waals surface area contributed by atoms with Crippen molar-refractivity contribution in [1.29, 1.82) is 0 Å². The number of likely N-dealkylation sites (tertiary alicyclic amines) is 1. The van der Waals surface area contributed by atoms with E-state index in [0.717, 1.165) is 50.5 Å². The largest absolute Gasteiger partial charge is 0.484 e. The van der Waals surface area contributed by atoms with Gasteiger partial charge in [0.25, 0.3) is 5.91 Å². The minimum Gasteiger partial charge on any atom is -0.484 e. The van der Waals surface area contributed by atoms with Crippen LogP contribution in [0.15, 0.2) is 41.4 Å². The molecule has 0 spiro atoms. The number of piperidine rings is 1. The van der Waals surface area contributed by atoms with Crippen molar-refractivity contribution >= 4 is 11.9 Å². The Morgan fingerprint density at radius 3 is 2.79 bits per heavy atom. The third-order valence-corrected chi connectivity index (χ3v) is 4.47. The van der Waals surface area contributed by atoms with Crippen molar-refractivity contribution in [2.24, 2.45) is 10.7 Å². The van der Waals surface area contributed by atoms with Gasteiger partial charge >= 0.3 is 0 Å². The maximum Gasteiger partial charge on any atom is 0.255 e. The van der Waals surface area contributed by atoms with Crippen molar-refractivity contribution in [2.75, 3.05) is 32.8 Å². The highest BCUT2D eigenvalue weighted by Crippen LogP contribution is 2.14.